The molecule has 3 rings (SSSR count). The lowest BCUT2D eigenvalue weighted by Gasteiger charge is -2.31. The van der Waals surface area contributed by atoms with Crippen molar-refractivity contribution in [3.05, 3.63) is 45.9 Å². The number of alkyl halides is 6. The van der Waals surface area contributed by atoms with Crippen molar-refractivity contribution in [2.45, 2.75) is 44.6 Å². The van der Waals surface area contributed by atoms with Gasteiger partial charge < -0.3 is 10.4 Å². The Kier molecular flexibility index (Phi) is 9.23. The first kappa shape index (κ1) is 28.2. The number of aliphatic hydroxyl groups is 1. The number of Topliss-reactive ketones (excluding diaryl/α,β-unsaturated/α-hetero) is 1. The van der Waals surface area contributed by atoms with E-state index in [0.717, 1.165) is 17.8 Å². The quantitative estimate of drug-likeness (QED) is 0.456. The van der Waals surface area contributed by atoms with Gasteiger partial charge in [-0.1, -0.05) is 12.1 Å². The Bertz CT molecular complexity index is 1030. The number of piperidine rings is 1. The molecule has 0 spiro atoms. The summed E-state index contributed by atoms with van der Waals surface area (Å²) in [4.78, 5) is 30.1. The second kappa shape index (κ2) is 11.8. The summed E-state index contributed by atoms with van der Waals surface area (Å²) in [6.07, 6.45) is -6.26. The maximum atomic E-state index is 13.4. The van der Waals surface area contributed by atoms with E-state index in [1.165, 1.54) is 0 Å². The molecule has 1 aromatic rings. The van der Waals surface area contributed by atoms with Crippen LogP contribution >= 0.6 is 11.8 Å². The van der Waals surface area contributed by atoms with Crippen LogP contribution in [0, 0.1) is 5.92 Å². The van der Waals surface area contributed by atoms with Gasteiger partial charge in [-0.3, -0.25) is 19.5 Å². The number of halogens is 6. The number of aliphatic hydroxyl groups excluding tert-OH is 1. The summed E-state index contributed by atoms with van der Waals surface area (Å²) in [6.45, 7) is 0.485. The molecule has 1 amide bonds. The van der Waals surface area contributed by atoms with E-state index < -0.39 is 23.5 Å². The number of aliphatic imine (C=N–C) groups is 1. The summed E-state index contributed by atoms with van der Waals surface area (Å²) in [5.41, 5.74) is -2.84. The molecule has 198 valence electrons. The average molecular weight is 538 g/mol. The number of carbonyl (C=O) groups is 2. The molecule has 0 saturated carbocycles. The second-order valence-electron chi connectivity index (χ2n) is 8.56. The van der Waals surface area contributed by atoms with E-state index >= 15 is 0 Å². The predicted octanol–water partition coefficient (Wildman–Crippen LogP) is 5.02. The fraction of sp³-hybridized carbons (Fsp3) is 0.522. The number of hydrogen-bond acceptors (Lipinski definition) is 6. The number of likely N-dealkylation sites (tertiary alicyclic amines) is 1. The van der Waals surface area contributed by atoms with Gasteiger partial charge in [-0.05, 0) is 67.7 Å². The standard InChI is InChI=1S/C23H25F6N3O3S/c24-22(25,26)16-4-3-15(18(11-16)23(27,28)29)13-32-7-5-14(6-8-32)10-19-20(31-21(35)36-19)30-12-17(34)2-1-9-33/h3-4,10-11,14,33H,1-2,5-9,12-13H2,(H,30,31,35)/b19-10-. The molecule has 2 heterocycles. The lowest BCUT2D eigenvalue weighted by molar-refractivity contribution is -0.143. The summed E-state index contributed by atoms with van der Waals surface area (Å²) >= 11 is 0.947. The number of benzene rings is 1. The van der Waals surface area contributed by atoms with Crippen molar-refractivity contribution in [2.75, 3.05) is 26.2 Å². The number of carbonyl (C=O) groups excluding carboxylic acids is 2. The topological polar surface area (TPSA) is 82.0 Å². The first-order chi connectivity index (χ1) is 16.9. The summed E-state index contributed by atoms with van der Waals surface area (Å²) in [5, 5.41) is 11.1. The van der Waals surface area contributed by atoms with Gasteiger partial charge in [-0.2, -0.15) is 26.3 Å². The zero-order chi connectivity index (χ0) is 26.5. The van der Waals surface area contributed by atoms with Gasteiger partial charge in [-0.15, -0.1) is 0 Å². The molecule has 2 aliphatic rings. The van der Waals surface area contributed by atoms with Gasteiger partial charge >= 0.3 is 12.4 Å². The van der Waals surface area contributed by atoms with E-state index in [4.69, 9.17) is 5.11 Å². The minimum atomic E-state index is -4.91. The SMILES string of the molecule is O=C(CCCO)CN=C1NC(=O)S/C1=C\C1CCN(Cc2ccc(C(F)(F)F)cc2C(F)(F)F)CC1. The van der Waals surface area contributed by atoms with Gasteiger partial charge in [0.15, 0.2) is 5.78 Å². The second-order valence-corrected chi connectivity index (χ2v) is 9.57. The van der Waals surface area contributed by atoms with Crippen molar-refractivity contribution in [3.8, 4) is 0 Å². The summed E-state index contributed by atoms with van der Waals surface area (Å²) in [6, 6.07) is 1.71. The van der Waals surface area contributed by atoms with Crippen molar-refractivity contribution in [1.29, 1.82) is 0 Å². The number of amidine groups is 1. The molecule has 36 heavy (non-hydrogen) atoms. The maximum absolute atomic E-state index is 13.4. The predicted molar refractivity (Wildman–Crippen MR) is 122 cm³/mol. The summed E-state index contributed by atoms with van der Waals surface area (Å²) < 4.78 is 79.0. The van der Waals surface area contributed by atoms with Crippen LogP contribution in [0.5, 0.6) is 0 Å². The van der Waals surface area contributed by atoms with E-state index in [1.807, 2.05) is 6.08 Å². The first-order valence-corrected chi connectivity index (χ1v) is 12.1. The number of ketones is 1. The minimum Gasteiger partial charge on any atom is -0.396 e. The molecule has 0 aliphatic carbocycles. The van der Waals surface area contributed by atoms with Crippen molar-refractivity contribution < 1.29 is 41.0 Å². The third-order valence-corrected chi connectivity index (χ3v) is 6.68. The number of nitrogens with one attached hydrogen (secondary N) is 1. The van der Waals surface area contributed by atoms with Crippen LogP contribution in [0.25, 0.3) is 0 Å². The van der Waals surface area contributed by atoms with E-state index in [1.54, 1.807) is 4.90 Å². The Hall–Kier alpha value is -2.38. The Morgan fingerprint density at radius 2 is 1.86 bits per heavy atom. The largest absolute Gasteiger partial charge is 0.416 e. The smallest absolute Gasteiger partial charge is 0.396 e. The highest BCUT2D eigenvalue weighted by atomic mass is 32.2. The Balaban J connectivity index is 1.63. The highest BCUT2D eigenvalue weighted by Crippen LogP contribution is 2.38. The highest BCUT2D eigenvalue weighted by molar-refractivity contribution is 8.18. The molecule has 6 nitrogen and oxygen atoms in total. The zero-order valence-electron chi connectivity index (χ0n) is 19.1. The van der Waals surface area contributed by atoms with Crippen LogP contribution in [-0.4, -0.2) is 53.1 Å². The van der Waals surface area contributed by atoms with Crippen LogP contribution in [-0.2, 0) is 23.7 Å². The normalized spacial score (nSPS) is 20.4. The van der Waals surface area contributed by atoms with Gasteiger partial charge in [0.25, 0.3) is 5.24 Å². The molecule has 2 N–H and O–H groups in total. The summed E-state index contributed by atoms with van der Waals surface area (Å²) in [7, 11) is 0. The van der Waals surface area contributed by atoms with Crippen LogP contribution in [0.4, 0.5) is 31.1 Å². The fourth-order valence-corrected chi connectivity index (χ4v) is 4.79. The highest BCUT2D eigenvalue weighted by Gasteiger charge is 2.38. The van der Waals surface area contributed by atoms with Crippen molar-refractivity contribution in [3.63, 3.8) is 0 Å². The number of nitrogens with zero attached hydrogens (tertiary/aromatic N) is 2. The average Bonchev–Trinajstić information content (AvgIpc) is 3.15. The number of hydrogen-bond donors (Lipinski definition) is 2. The zero-order valence-corrected chi connectivity index (χ0v) is 19.9. The van der Waals surface area contributed by atoms with Crippen LogP contribution in [0.15, 0.2) is 34.2 Å². The molecule has 0 radical (unpaired) electrons. The van der Waals surface area contributed by atoms with Gasteiger partial charge in [0.05, 0.1) is 22.6 Å². The molecule has 2 fully saturated rings. The number of allylic oxidation sites excluding steroid dienone is 1. The monoisotopic (exact) mass is 537 g/mol. The van der Waals surface area contributed by atoms with Gasteiger partial charge in [0.2, 0.25) is 0 Å². The van der Waals surface area contributed by atoms with Crippen LogP contribution in [0.2, 0.25) is 0 Å². The van der Waals surface area contributed by atoms with E-state index in [9.17, 15) is 35.9 Å². The Morgan fingerprint density at radius 1 is 1.17 bits per heavy atom. The van der Waals surface area contributed by atoms with Gasteiger partial charge in [0, 0.05) is 19.6 Å². The van der Waals surface area contributed by atoms with Crippen LogP contribution < -0.4 is 5.32 Å². The molecule has 2 aliphatic heterocycles. The van der Waals surface area contributed by atoms with E-state index in [0.29, 0.717) is 49.2 Å². The lowest BCUT2D eigenvalue weighted by Crippen LogP contribution is -2.33. The van der Waals surface area contributed by atoms with Crippen molar-refractivity contribution in [1.82, 2.24) is 10.2 Å². The summed E-state index contributed by atoms with van der Waals surface area (Å²) in [5.74, 6) is 0.141. The fourth-order valence-electron chi connectivity index (χ4n) is 3.97. The van der Waals surface area contributed by atoms with Crippen molar-refractivity contribution >= 4 is 28.6 Å². The molecule has 0 aromatic heterocycles. The third kappa shape index (κ3) is 7.81. The number of amides is 1. The molecular weight excluding hydrogens is 512 g/mol. The van der Waals surface area contributed by atoms with Crippen LogP contribution in [0.1, 0.15) is 42.4 Å². The van der Waals surface area contributed by atoms with Gasteiger partial charge in [-0.25, -0.2) is 0 Å². The molecule has 0 bridgehead atoms. The number of rotatable bonds is 8. The van der Waals surface area contributed by atoms with E-state index in [-0.39, 0.29) is 54.7 Å². The van der Waals surface area contributed by atoms with Crippen molar-refractivity contribution in [2.24, 2.45) is 10.9 Å². The lowest BCUT2D eigenvalue weighted by atomic mass is 9.95. The molecule has 0 atom stereocenters. The minimum absolute atomic E-state index is 0.0152. The maximum Gasteiger partial charge on any atom is 0.416 e. The molecule has 0 unspecified atom stereocenters. The first-order valence-electron chi connectivity index (χ1n) is 11.2. The van der Waals surface area contributed by atoms with Crippen LogP contribution in [0.3, 0.4) is 0 Å². The molecule has 13 heteroatoms. The molecular formula is C23H25F6N3O3S. The Labute approximate surface area is 207 Å². The Morgan fingerprint density at radius 3 is 2.47 bits per heavy atom. The van der Waals surface area contributed by atoms with Gasteiger partial charge in [0.1, 0.15) is 5.84 Å². The molecule has 2 saturated heterocycles. The third-order valence-electron chi connectivity index (χ3n) is 5.84. The number of thioether (sulfide) groups is 1. The van der Waals surface area contributed by atoms with E-state index in [2.05, 4.69) is 10.3 Å². The molecule has 1 aromatic carbocycles.